The SMILES string of the molecule is COc1ccc(-n2nc(-c3ccc(OC)cc3OC)cc2C(=O)N2CCN(c3cccc(Cl)c3)CC2)cc1. The molecule has 1 amide bonds. The summed E-state index contributed by atoms with van der Waals surface area (Å²) in [6, 6.07) is 22.6. The number of anilines is 1. The molecule has 0 radical (unpaired) electrons. The van der Waals surface area contributed by atoms with Crippen molar-refractivity contribution in [2.45, 2.75) is 0 Å². The van der Waals surface area contributed by atoms with Crippen molar-refractivity contribution in [2.24, 2.45) is 0 Å². The zero-order valence-electron chi connectivity index (χ0n) is 21.6. The van der Waals surface area contributed by atoms with Crippen LogP contribution in [0.5, 0.6) is 17.2 Å². The summed E-state index contributed by atoms with van der Waals surface area (Å²) in [6.45, 7) is 2.59. The van der Waals surface area contributed by atoms with Crippen LogP contribution in [0.15, 0.2) is 72.8 Å². The fourth-order valence-corrected chi connectivity index (χ4v) is 4.78. The van der Waals surface area contributed by atoms with E-state index < -0.39 is 0 Å². The first-order valence-corrected chi connectivity index (χ1v) is 12.6. The lowest BCUT2D eigenvalue weighted by Crippen LogP contribution is -2.49. The van der Waals surface area contributed by atoms with Crippen LogP contribution in [0.4, 0.5) is 5.69 Å². The first kappa shape index (κ1) is 25.5. The molecule has 0 bridgehead atoms. The van der Waals surface area contributed by atoms with Crippen LogP contribution in [0, 0.1) is 0 Å². The lowest BCUT2D eigenvalue weighted by Gasteiger charge is -2.36. The smallest absolute Gasteiger partial charge is 0.272 e. The highest BCUT2D eigenvalue weighted by Gasteiger charge is 2.27. The number of rotatable bonds is 7. The number of carbonyl (C=O) groups excluding carboxylic acids is 1. The lowest BCUT2D eigenvalue weighted by molar-refractivity contribution is 0.0737. The van der Waals surface area contributed by atoms with Gasteiger partial charge in [0.2, 0.25) is 0 Å². The van der Waals surface area contributed by atoms with Gasteiger partial charge in [0, 0.05) is 48.5 Å². The molecule has 196 valence electrons. The van der Waals surface area contributed by atoms with Crippen molar-refractivity contribution in [3.8, 4) is 34.2 Å². The summed E-state index contributed by atoms with van der Waals surface area (Å²) in [6.07, 6.45) is 0. The molecule has 9 heteroatoms. The van der Waals surface area contributed by atoms with E-state index in [-0.39, 0.29) is 5.91 Å². The summed E-state index contributed by atoms with van der Waals surface area (Å²) in [4.78, 5) is 18.0. The summed E-state index contributed by atoms with van der Waals surface area (Å²) in [5, 5.41) is 5.54. The highest BCUT2D eigenvalue weighted by molar-refractivity contribution is 6.30. The zero-order chi connectivity index (χ0) is 26.6. The van der Waals surface area contributed by atoms with Crippen LogP contribution in [0.3, 0.4) is 0 Å². The third kappa shape index (κ3) is 5.13. The molecule has 0 unspecified atom stereocenters. The van der Waals surface area contributed by atoms with Crippen molar-refractivity contribution < 1.29 is 19.0 Å². The van der Waals surface area contributed by atoms with Crippen molar-refractivity contribution >= 4 is 23.2 Å². The third-order valence-corrected chi connectivity index (χ3v) is 6.91. The molecule has 0 N–H and O–H groups in total. The van der Waals surface area contributed by atoms with E-state index in [1.165, 1.54) is 0 Å². The molecule has 1 aliphatic heterocycles. The molecule has 3 aromatic carbocycles. The van der Waals surface area contributed by atoms with Gasteiger partial charge in [0.25, 0.3) is 5.91 Å². The average Bonchev–Trinajstić information content (AvgIpc) is 3.42. The van der Waals surface area contributed by atoms with E-state index in [2.05, 4.69) is 4.90 Å². The van der Waals surface area contributed by atoms with Gasteiger partial charge in [0.1, 0.15) is 22.9 Å². The lowest BCUT2D eigenvalue weighted by atomic mass is 10.1. The van der Waals surface area contributed by atoms with Gasteiger partial charge < -0.3 is 24.0 Å². The topological polar surface area (TPSA) is 69.1 Å². The minimum absolute atomic E-state index is 0.0854. The van der Waals surface area contributed by atoms with E-state index in [0.29, 0.717) is 54.1 Å². The zero-order valence-corrected chi connectivity index (χ0v) is 22.3. The number of ether oxygens (including phenoxy) is 3. The van der Waals surface area contributed by atoms with E-state index in [1.54, 1.807) is 32.1 Å². The van der Waals surface area contributed by atoms with E-state index >= 15 is 0 Å². The number of aromatic nitrogens is 2. The molecule has 4 aromatic rings. The molecule has 0 atom stereocenters. The number of hydrogen-bond acceptors (Lipinski definition) is 6. The minimum Gasteiger partial charge on any atom is -0.497 e. The summed E-state index contributed by atoms with van der Waals surface area (Å²) in [5.74, 6) is 1.92. The van der Waals surface area contributed by atoms with Crippen molar-refractivity contribution in [3.05, 3.63) is 83.5 Å². The predicted molar refractivity (Wildman–Crippen MR) is 148 cm³/mol. The molecule has 0 saturated carbocycles. The van der Waals surface area contributed by atoms with Gasteiger partial charge in [-0.15, -0.1) is 0 Å². The number of nitrogens with zero attached hydrogens (tertiary/aromatic N) is 4. The fraction of sp³-hybridized carbons (Fsp3) is 0.241. The normalized spacial score (nSPS) is 13.4. The molecular weight excluding hydrogens is 504 g/mol. The largest absolute Gasteiger partial charge is 0.497 e. The van der Waals surface area contributed by atoms with E-state index in [1.807, 2.05) is 71.6 Å². The Kier molecular flexibility index (Phi) is 7.42. The van der Waals surface area contributed by atoms with Crippen molar-refractivity contribution in [3.63, 3.8) is 0 Å². The van der Waals surface area contributed by atoms with Crippen molar-refractivity contribution in [1.82, 2.24) is 14.7 Å². The van der Waals surface area contributed by atoms with Crippen molar-refractivity contribution in [2.75, 3.05) is 52.4 Å². The summed E-state index contributed by atoms with van der Waals surface area (Å²) in [5.41, 5.74) is 3.67. The molecule has 1 aliphatic rings. The second-order valence-electron chi connectivity index (χ2n) is 8.85. The Balaban J connectivity index is 1.47. The Morgan fingerprint density at radius 3 is 2.16 bits per heavy atom. The fourth-order valence-electron chi connectivity index (χ4n) is 4.60. The van der Waals surface area contributed by atoms with E-state index in [4.69, 9.17) is 30.9 Å². The maximum atomic E-state index is 13.9. The van der Waals surface area contributed by atoms with Crippen LogP contribution in [-0.4, -0.2) is 68.1 Å². The van der Waals surface area contributed by atoms with Crippen LogP contribution in [0.1, 0.15) is 10.5 Å². The van der Waals surface area contributed by atoms with Gasteiger partial charge in [-0.1, -0.05) is 17.7 Å². The number of methoxy groups -OCH3 is 3. The van der Waals surface area contributed by atoms with Gasteiger partial charge in [0.05, 0.1) is 32.7 Å². The number of hydrogen-bond donors (Lipinski definition) is 0. The molecular formula is C29H29ClN4O4. The highest BCUT2D eigenvalue weighted by atomic mass is 35.5. The predicted octanol–water partition coefficient (Wildman–Crippen LogP) is 5.18. The minimum atomic E-state index is -0.0854. The third-order valence-electron chi connectivity index (χ3n) is 6.67. The Morgan fingerprint density at radius 1 is 0.789 bits per heavy atom. The van der Waals surface area contributed by atoms with E-state index in [9.17, 15) is 4.79 Å². The van der Waals surface area contributed by atoms with E-state index in [0.717, 1.165) is 22.7 Å². The van der Waals surface area contributed by atoms with Crippen LogP contribution in [0.25, 0.3) is 16.9 Å². The Labute approximate surface area is 226 Å². The number of amides is 1. The molecule has 0 spiro atoms. The quantitative estimate of drug-likeness (QED) is 0.327. The van der Waals surface area contributed by atoms with Gasteiger partial charge in [-0.2, -0.15) is 5.10 Å². The molecule has 2 heterocycles. The first-order chi connectivity index (χ1) is 18.5. The number of carbonyl (C=O) groups is 1. The molecule has 0 aliphatic carbocycles. The number of piperazine rings is 1. The average molecular weight is 533 g/mol. The van der Waals surface area contributed by atoms with Gasteiger partial charge in [-0.05, 0) is 60.7 Å². The Morgan fingerprint density at radius 2 is 1.50 bits per heavy atom. The molecule has 1 saturated heterocycles. The maximum absolute atomic E-state index is 13.9. The standard InChI is InChI=1S/C29H29ClN4O4/c1-36-23-9-7-21(8-10-23)34-27(19-26(31-34)25-12-11-24(37-2)18-28(25)38-3)29(35)33-15-13-32(14-16-33)22-6-4-5-20(30)17-22/h4-12,17-19H,13-16H2,1-3H3. The summed E-state index contributed by atoms with van der Waals surface area (Å²) < 4.78 is 18.0. The summed E-state index contributed by atoms with van der Waals surface area (Å²) in [7, 11) is 4.83. The van der Waals surface area contributed by atoms with Crippen LogP contribution >= 0.6 is 11.6 Å². The second-order valence-corrected chi connectivity index (χ2v) is 9.29. The van der Waals surface area contributed by atoms with Crippen LogP contribution < -0.4 is 19.1 Å². The molecule has 38 heavy (non-hydrogen) atoms. The second kappa shape index (κ2) is 11.1. The Hall–Kier alpha value is -4.17. The maximum Gasteiger partial charge on any atom is 0.272 e. The van der Waals surface area contributed by atoms with Gasteiger partial charge in [-0.25, -0.2) is 4.68 Å². The number of benzene rings is 3. The van der Waals surface area contributed by atoms with Crippen molar-refractivity contribution in [1.29, 1.82) is 0 Å². The molecule has 8 nitrogen and oxygen atoms in total. The highest BCUT2D eigenvalue weighted by Crippen LogP contribution is 2.34. The molecule has 1 fully saturated rings. The Bertz CT molecular complexity index is 1430. The number of halogens is 1. The van der Waals surface area contributed by atoms with Crippen LogP contribution in [0.2, 0.25) is 5.02 Å². The molecule has 5 rings (SSSR count). The van der Waals surface area contributed by atoms with Crippen LogP contribution in [-0.2, 0) is 0 Å². The molecule has 1 aromatic heterocycles. The first-order valence-electron chi connectivity index (χ1n) is 12.3. The monoisotopic (exact) mass is 532 g/mol. The summed E-state index contributed by atoms with van der Waals surface area (Å²) >= 11 is 6.18. The van der Waals surface area contributed by atoms with Gasteiger partial charge in [-0.3, -0.25) is 4.79 Å². The van der Waals surface area contributed by atoms with Gasteiger partial charge in [0.15, 0.2) is 0 Å². The van der Waals surface area contributed by atoms with Gasteiger partial charge >= 0.3 is 0 Å².